The summed E-state index contributed by atoms with van der Waals surface area (Å²) in [4.78, 5) is 10.0. The summed E-state index contributed by atoms with van der Waals surface area (Å²) in [6.07, 6.45) is 4.70. The van der Waals surface area contributed by atoms with E-state index in [0.29, 0.717) is 0 Å². The molecule has 0 aliphatic carbocycles. The Balaban J connectivity index is 2.29. The van der Waals surface area contributed by atoms with Crippen molar-refractivity contribution in [1.29, 1.82) is 0 Å². The minimum absolute atomic E-state index is 0.113. The van der Waals surface area contributed by atoms with Crippen LogP contribution in [0.5, 0.6) is 0 Å². The van der Waals surface area contributed by atoms with Crippen LogP contribution >= 0.6 is 11.3 Å². The zero-order chi connectivity index (χ0) is 12.1. The van der Waals surface area contributed by atoms with Crippen molar-refractivity contribution in [2.45, 2.75) is 26.3 Å². The zero-order valence-electron chi connectivity index (χ0n) is 10.2. The molecule has 2 heterocycles. The number of rotatable bonds is 5. The third kappa shape index (κ3) is 2.90. The summed E-state index contributed by atoms with van der Waals surface area (Å²) in [6, 6.07) is 4.12. The summed E-state index contributed by atoms with van der Waals surface area (Å²) in [6.45, 7) is 5.28. The fraction of sp³-hybridized carbons (Fsp3) is 0.385. The maximum atomic E-state index is 4.36. The predicted octanol–water partition coefficient (Wildman–Crippen LogP) is 2.94. The highest BCUT2D eigenvalue weighted by molar-refractivity contribution is 7.10. The number of hydrogen-bond donors (Lipinski definition) is 1. The van der Waals surface area contributed by atoms with E-state index in [2.05, 4.69) is 40.6 Å². The molecule has 1 atom stereocenters. The standard InChI is InChI=1S/C13H17N3S/c1-3-6-14-12(11-5-9-17-10(11)2)13-15-7-4-8-16-13/h4-5,7-9,12,14H,3,6H2,1-2H3. The van der Waals surface area contributed by atoms with Crippen molar-refractivity contribution in [3.8, 4) is 0 Å². The highest BCUT2D eigenvalue weighted by Gasteiger charge is 2.18. The van der Waals surface area contributed by atoms with Gasteiger partial charge in [0, 0.05) is 17.3 Å². The smallest absolute Gasteiger partial charge is 0.149 e. The Hall–Kier alpha value is -1.26. The third-order valence-electron chi connectivity index (χ3n) is 2.65. The maximum Gasteiger partial charge on any atom is 0.149 e. The van der Waals surface area contributed by atoms with Crippen LogP contribution < -0.4 is 5.32 Å². The average molecular weight is 247 g/mol. The van der Waals surface area contributed by atoms with E-state index in [1.807, 2.05) is 6.07 Å². The van der Waals surface area contributed by atoms with Gasteiger partial charge in [-0.25, -0.2) is 9.97 Å². The van der Waals surface area contributed by atoms with Gasteiger partial charge < -0.3 is 5.32 Å². The molecule has 17 heavy (non-hydrogen) atoms. The maximum absolute atomic E-state index is 4.36. The van der Waals surface area contributed by atoms with Gasteiger partial charge in [-0.1, -0.05) is 6.92 Å². The van der Waals surface area contributed by atoms with Crippen molar-refractivity contribution < 1.29 is 0 Å². The van der Waals surface area contributed by atoms with Crippen LogP contribution in [-0.4, -0.2) is 16.5 Å². The Labute approximate surface area is 106 Å². The number of aromatic nitrogens is 2. The molecule has 0 radical (unpaired) electrons. The summed E-state index contributed by atoms with van der Waals surface area (Å²) in [5, 5.41) is 5.63. The van der Waals surface area contributed by atoms with Gasteiger partial charge in [-0.3, -0.25) is 0 Å². The molecule has 1 unspecified atom stereocenters. The van der Waals surface area contributed by atoms with Gasteiger partial charge in [-0.05, 0) is 43.0 Å². The molecule has 90 valence electrons. The van der Waals surface area contributed by atoms with Crippen LogP contribution in [0.2, 0.25) is 0 Å². The number of aryl methyl sites for hydroxylation is 1. The fourth-order valence-electron chi connectivity index (χ4n) is 1.78. The Kier molecular flexibility index (Phi) is 4.23. The Morgan fingerprint density at radius 2 is 2.12 bits per heavy atom. The minimum Gasteiger partial charge on any atom is -0.304 e. The van der Waals surface area contributed by atoms with E-state index in [9.17, 15) is 0 Å². The monoisotopic (exact) mass is 247 g/mol. The second-order valence-electron chi connectivity index (χ2n) is 3.93. The van der Waals surface area contributed by atoms with E-state index >= 15 is 0 Å². The number of hydrogen-bond acceptors (Lipinski definition) is 4. The Bertz CT molecular complexity index is 453. The van der Waals surface area contributed by atoms with E-state index in [-0.39, 0.29) is 6.04 Å². The van der Waals surface area contributed by atoms with Crippen LogP contribution in [0.25, 0.3) is 0 Å². The van der Waals surface area contributed by atoms with Gasteiger partial charge in [0.2, 0.25) is 0 Å². The van der Waals surface area contributed by atoms with Crippen molar-refractivity contribution in [2.24, 2.45) is 0 Å². The normalized spacial score (nSPS) is 12.6. The number of nitrogens with zero attached hydrogens (tertiary/aromatic N) is 2. The topological polar surface area (TPSA) is 37.8 Å². The van der Waals surface area contributed by atoms with E-state index in [0.717, 1.165) is 18.8 Å². The van der Waals surface area contributed by atoms with Crippen LogP contribution in [0.4, 0.5) is 0 Å². The molecular formula is C13H17N3S. The highest BCUT2D eigenvalue weighted by Crippen LogP contribution is 2.25. The molecule has 1 N–H and O–H groups in total. The van der Waals surface area contributed by atoms with Crippen LogP contribution in [0, 0.1) is 6.92 Å². The van der Waals surface area contributed by atoms with Gasteiger partial charge >= 0.3 is 0 Å². The summed E-state index contributed by atoms with van der Waals surface area (Å²) in [5.41, 5.74) is 1.29. The van der Waals surface area contributed by atoms with E-state index in [4.69, 9.17) is 0 Å². The lowest BCUT2D eigenvalue weighted by Gasteiger charge is -2.17. The van der Waals surface area contributed by atoms with E-state index in [1.165, 1.54) is 10.4 Å². The summed E-state index contributed by atoms with van der Waals surface area (Å²) in [7, 11) is 0. The van der Waals surface area contributed by atoms with Crippen LogP contribution in [0.3, 0.4) is 0 Å². The summed E-state index contributed by atoms with van der Waals surface area (Å²) >= 11 is 1.77. The SMILES string of the molecule is CCCNC(c1ncccn1)c1ccsc1C. The molecule has 0 aromatic carbocycles. The van der Waals surface area contributed by atoms with Gasteiger partial charge in [0.05, 0.1) is 6.04 Å². The second kappa shape index (κ2) is 5.89. The first-order valence-corrected chi connectivity index (χ1v) is 6.75. The van der Waals surface area contributed by atoms with Crippen LogP contribution in [0.1, 0.15) is 35.7 Å². The van der Waals surface area contributed by atoms with Crippen molar-refractivity contribution in [1.82, 2.24) is 15.3 Å². The van der Waals surface area contributed by atoms with Crippen molar-refractivity contribution in [3.05, 3.63) is 46.2 Å². The molecule has 0 spiro atoms. The lowest BCUT2D eigenvalue weighted by Crippen LogP contribution is -2.25. The molecule has 2 aromatic heterocycles. The third-order valence-corrected chi connectivity index (χ3v) is 3.51. The predicted molar refractivity (Wildman–Crippen MR) is 71.2 cm³/mol. The molecule has 0 saturated heterocycles. The second-order valence-corrected chi connectivity index (χ2v) is 5.05. The number of nitrogens with one attached hydrogen (secondary N) is 1. The first-order valence-electron chi connectivity index (χ1n) is 5.87. The average Bonchev–Trinajstić information content (AvgIpc) is 2.78. The highest BCUT2D eigenvalue weighted by atomic mass is 32.1. The van der Waals surface area contributed by atoms with Gasteiger partial charge in [-0.2, -0.15) is 0 Å². The molecule has 0 fully saturated rings. The molecular weight excluding hydrogens is 230 g/mol. The van der Waals surface area contributed by atoms with E-state index < -0.39 is 0 Å². The molecule has 0 aliphatic rings. The molecule has 3 nitrogen and oxygen atoms in total. The van der Waals surface area contributed by atoms with Gasteiger partial charge in [0.15, 0.2) is 0 Å². The zero-order valence-corrected chi connectivity index (χ0v) is 11.0. The van der Waals surface area contributed by atoms with Crippen molar-refractivity contribution in [2.75, 3.05) is 6.54 Å². The minimum atomic E-state index is 0.113. The molecule has 2 aromatic rings. The first kappa shape index (κ1) is 12.2. The summed E-state index contributed by atoms with van der Waals surface area (Å²) < 4.78 is 0. The van der Waals surface area contributed by atoms with Gasteiger partial charge in [-0.15, -0.1) is 11.3 Å². The van der Waals surface area contributed by atoms with E-state index in [1.54, 1.807) is 23.7 Å². The summed E-state index contributed by atoms with van der Waals surface area (Å²) in [5.74, 6) is 0.849. The molecule has 0 aliphatic heterocycles. The molecule has 0 bridgehead atoms. The van der Waals surface area contributed by atoms with Crippen molar-refractivity contribution in [3.63, 3.8) is 0 Å². The lowest BCUT2D eigenvalue weighted by atomic mass is 10.1. The Morgan fingerprint density at radius 1 is 1.35 bits per heavy atom. The largest absolute Gasteiger partial charge is 0.304 e. The fourth-order valence-corrected chi connectivity index (χ4v) is 2.52. The van der Waals surface area contributed by atoms with Crippen molar-refractivity contribution >= 4 is 11.3 Å². The van der Waals surface area contributed by atoms with Crippen LogP contribution in [-0.2, 0) is 0 Å². The molecule has 0 saturated carbocycles. The number of thiophene rings is 1. The first-order chi connectivity index (χ1) is 8.33. The Morgan fingerprint density at radius 3 is 2.71 bits per heavy atom. The van der Waals surface area contributed by atoms with Gasteiger partial charge in [0.25, 0.3) is 0 Å². The van der Waals surface area contributed by atoms with Gasteiger partial charge in [0.1, 0.15) is 5.82 Å². The molecule has 2 rings (SSSR count). The lowest BCUT2D eigenvalue weighted by molar-refractivity contribution is 0.571. The quantitative estimate of drug-likeness (QED) is 0.882. The molecule has 4 heteroatoms. The molecule has 0 amide bonds. The van der Waals surface area contributed by atoms with Crippen LogP contribution in [0.15, 0.2) is 29.9 Å².